The lowest BCUT2D eigenvalue weighted by molar-refractivity contribution is -0.137. The fraction of sp³-hybridized carbons (Fsp3) is 0.250. The van der Waals surface area contributed by atoms with Crippen molar-refractivity contribution in [3.63, 3.8) is 0 Å². The van der Waals surface area contributed by atoms with E-state index in [0.717, 1.165) is 6.07 Å². The standard InChI is InChI=1S/C8H8F3N2/c1-2-12-7-6(8(9,10)11)4-3-5-13-7/h3-5H,1-2H2,(H,12,13). The Labute approximate surface area is 73.8 Å². The molecule has 1 N–H and O–H groups in total. The van der Waals surface area contributed by atoms with Crippen LogP contribution >= 0.6 is 0 Å². The second kappa shape index (κ2) is 3.64. The molecule has 0 fully saturated rings. The number of hydrogen-bond donors (Lipinski definition) is 1. The molecule has 1 aromatic heterocycles. The van der Waals surface area contributed by atoms with Crippen molar-refractivity contribution in [3.05, 3.63) is 30.8 Å². The molecule has 0 saturated heterocycles. The zero-order chi connectivity index (χ0) is 9.90. The molecule has 0 atom stereocenters. The first-order chi connectivity index (χ1) is 6.05. The highest BCUT2D eigenvalue weighted by atomic mass is 19.4. The molecule has 1 heterocycles. The summed E-state index contributed by atoms with van der Waals surface area (Å²) >= 11 is 0. The molecule has 0 unspecified atom stereocenters. The first-order valence-electron chi connectivity index (χ1n) is 3.61. The normalized spacial score (nSPS) is 11.4. The van der Waals surface area contributed by atoms with Gasteiger partial charge in [-0.1, -0.05) is 0 Å². The number of hydrogen-bond acceptors (Lipinski definition) is 2. The van der Waals surface area contributed by atoms with Gasteiger partial charge in [0.1, 0.15) is 5.82 Å². The van der Waals surface area contributed by atoms with Gasteiger partial charge in [-0.3, -0.25) is 0 Å². The van der Waals surface area contributed by atoms with E-state index >= 15 is 0 Å². The van der Waals surface area contributed by atoms with Gasteiger partial charge in [0, 0.05) is 12.7 Å². The SMILES string of the molecule is [CH2]CNc1ncccc1C(F)(F)F. The topological polar surface area (TPSA) is 24.9 Å². The monoisotopic (exact) mass is 189 g/mol. The Morgan fingerprint density at radius 2 is 2.15 bits per heavy atom. The maximum Gasteiger partial charge on any atom is 0.419 e. The molecule has 0 aromatic carbocycles. The summed E-state index contributed by atoms with van der Waals surface area (Å²) in [4.78, 5) is 3.56. The number of aromatic nitrogens is 1. The summed E-state index contributed by atoms with van der Waals surface area (Å²) in [6.07, 6.45) is -3.07. The lowest BCUT2D eigenvalue weighted by Gasteiger charge is -2.11. The number of nitrogens with zero attached hydrogens (tertiary/aromatic N) is 1. The molecule has 0 saturated carbocycles. The van der Waals surface area contributed by atoms with E-state index in [1.807, 2.05) is 0 Å². The molecule has 0 aliphatic rings. The molecule has 0 amide bonds. The third kappa shape index (κ3) is 2.34. The molecule has 2 nitrogen and oxygen atoms in total. The van der Waals surface area contributed by atoms with Crippen molar-refractivity contribution in [2.45, 2.75) is 6.18 Å². The minimum atomic E-state index is -4.37. The fourth-order valence-electron chi connectivity index (χ4n) is 0.893. The summed E-state index contributed by atoms with van der Waals surface area (Å²) in [6.45, 7) is 3.55. The average molecular weight is 189 g/mol. The minimum absolute atomic E-state index is 0.167. The summed E-state index contributed by atoms with van der Waals surface area (Å²) in [5, 5.41) is 2.44. The lowest BCUT2D eigenvalue weighted by atomic mass is 10.2. The second-order valence-corrected chi connectivity index (χ2v) is 2.32. The van der Waals surface area contributed by atoms with Crippen LogP contribution in [-0.4, -0.2) is 11.5 Å². The predicted molar refractivity (Wildman–Crippen MR) is 43.1 cm³/mol. The van der Waals surface area contributed by atoms with E-state index in [-0.39, 0.29) is 12.4 Å². The number of nitrogens with one attached hydrogen (secondary N) is 1. The Kier molecular flexibility index (Phi) is 2.75. The van der Waals surface area contributed by atoms with Gasteiger partial charge in [-0.2, -0.15) is 13.2 Å². The van der Waals surface area contributed by atoms with Crippen molar-refractivity contribution in [3.8, 4) is 0 Å². The number of rotatable bonds is 2. The number of alkyl halides is 3. The van der Waals surface area contributed by atoms with Crippen molar-refractivity contribution in [2.75, 3.05) is 11.9 Å². The van der Waals surface area contributed by atoms with Gasteiger partial charge in [0.25, 0.3) is 0 Å². The van der Waals surface area contributed by atoms with Gasteiger partial charge < -0.3 is 5.32 Å². The Bertz CT molecular complexity index is 283. The van der Waals surface area contributed by atoms with Crippen LogP contribution in [0.25, 0.3) is 0 Å². The number of anilines is 1. The molecule has 13 heavy (non-hydrogen) atoms. The molecule has 0 aliphatic heterocycles. The lowest BCUT2D eigenvalue weighted by Crippen LogP contribution is -2.11. The van der Waals surface area contributed by atoms with E-state index < -0.39 is 11.7 Å². The van der Waals surface area contributed by atoms with Gasteiger partial charge in [-0.15, -0.1) is 0 Å². The van der Waals surface area contributed by atoms with Crippen LogP contribution in [0.4, 0.5) is 19.0 Å². The van der Waals surface area contributed by atoms with Crippen LogP contribution in [0, 0.1) is 6.92 Å². The molecule has 0 bridgehead atoms. The predicted octanol–water partition coefficient (Wildman–Crippen LogP) is 2.35. The highest BCUT2D eigenvalue weighted by molar-refractivity contribution is 5.45. The molecule has 0 aliphatic carbocycles. The molecule has 0 spiro atoms. The van der Waals surface area contributed by atoms with Crippen LogP contribution in [0.1, 0.15) is 5.56 Å². The maximum atomic E-state index is 12.3. The Morgan fingerprint density at radius 1 is 1.46 bits per heavy atom. The van der Waals surface area contributed by atoms with Gasteiger partial charge in [-0.05, 0) is 19.1 Å². The van der Waals surface area contributed by atoms with Crippen LogP contribution in [-0.2, 0) is 6.18 Å². The largest absolute Gasteiger partial charge is 0.419 e. The van der Waals surface area contributed by atoms with Crippen molar-refractivity contribution in [1.82, 2.24) is 4.98 Å². The summed E-state index contributed by atoms with van der Waals surface area (Å²) in [5.41, 5.74) is -0.765. The highest BCUT2D eigenvalue weighted by Gasteiger charge is 2.33. The van der Waals surface area contributed by atoms with E-state index in [9.17, 15) is 13.2 Å². The summed E-state index contributed by atoms with van der Waals surface area (Å²) in [7, 11) is 0. The molecule has 1 rings (SSSR count). The zero-order valence-electron chi connectivity index (χ0n) is 6.73. The van der Waals surface area contributed by atoms with Gasteiger partial charge in [-0.25, -0.2) is 4.98 Å². The van der Waals surface area contributed by atoms with E-state index in [1.165, 1.54) is 12.3 Å². The van der Waals surface area contributed by atoms with Crippen molar-refractivity contribution in [1.29, 1.82) is 0 Å². The fourth-order valence-corrected chi connectivity index (χ4v) is 0.893. The first-order valence-corrected chi connectivity index (χ1v) is 3.61. The average Bonchev–Trinajstić information content (AvgIpc) is 2.04. The second-order valence-electron chi connectivity index (χ2n) is 2.32. The van der Waals surface area contributed by atoms with Gasteiger partial charge in [0.2, 0.25) is 0 Å². The van der Waals surface area contributed by atoms with Crippen LogP contribution in [0.15, 0.2) is 18.3 Å². The van der Waals surface area contributed by atoms with Crippen LogP contribution < -0.4 is 5.32 Å². The third-order valence-electron chi connectivity index (χ3n) is 1.41. The molecule has 5 heteroatoms. The molecular formula is C8H8F3N2. The minimum Gasteiger partial charge on any atom is -0.370 e. The van der Waals surface area contributed by atoms with E-state index in [1.54, 1.807) is 0 Å². The molecular weight excluding hydrogens is 181 g/mol. The molecule has 1 aromatic rings. The van der Waals surface area contributed by atoms with Gasteiger partial charge >= 0.3 is 6.18 Å². The molecule has 1 radical (unpaired) electrons. The van der Waals surface area contributed by atoms with Crippen molar-refractivity contribution in [2.24, 2.45) is 0 Å². The first kappa shape index (κ1) is 9.83. The quantitative estimate of drug-likeness (QED) is 0.772. The maximum absolute atomic E-state index is 12.3. The van der Waals surface area contributed by atoms with Crippen LogP contribution in [0.2, 0.25) is 0 Å². The molecule has 71 valence electrons. The summed E-state index contributed by atoms with van der Waals surface area (Å²) in [5.74, 6) is -0.176. The van der Waals surface area contributed by atoms with Crippen LogP contribution in [0.3, 0.4) is 0 Å². The van der Waals surface area contributed by atoms with Crippen molar-refractivity contribution >= 4 is 5.82 Å². The Balaban J connectivity index is 3.05. The van der Waals surface area contributed by atoms with Gasteiger partial charge in [0.15, 0.2) is 0 Å². The Hall–Kier alpha value is -1.26. The Morgan fingerprint density at radius 3 is 2.69 bits per heavy atom. The summed E-state index contributed by atoms with van der Waals surface area (Å²) < 4.78 is 36.8. The highest BCUT2D eigenvalue weighted by Crippen LogP contribution is 2.33. The number of pyridine rings is 1. The smallest absolute Gasteiger partial charge is 0.370 e. The van der Waals surface area contributed by atoms with Crippen LogP contribution in [0.5, 0.6) is 0 Å². The van der Waals surface area contributed by atoms with E-state index in [0.29, 0.717) is 0 Å². The van der Waals surface area contributed by atoms with E-state index in [4.69, 9.17) is 0 Å². The summed E-state index contributed by atoms with van der Waals surface area (Å²) in [6, 6.07) is 2.22. The number of halogens is 3. The van der Waals surface area contributed by atoms with E-state index in [2.05, 4.69) is 17.2 Å². The zero-order valence-corrected chi connectivity index (χ0v) is 6.73. The van der Waals surface area contributed by atoms with Crippen molar-refractivity contribution < 1.29 is 13.2 Å². The third-order valence-corrected chi connectivity index (χ3v) is 1.41. The van der Waals surface area contributed by atoms with Gasteiger partial charge in [0.05, 0.1) is 5.56 Å².